The van der Waals surface area contributed by atoms with E-state index in [1.54, 1.807) is 0 Å². The zero-order valence-electron chi connectivity index (χ0n) is 7.45. The van der Waals surface area contributed by atoms with Crippen LogP contribution < -0.4 is 5.73 Å². The summed E-state index contributed by atoms with van der Waals surface area (Å²) in [5, 5.41) is 0. The third-order valence-electron chi connectivity index (χ3n) is 2.78. The molecule has 0 atom stereocenters. The predicted octanol–water partition coefficient (Wildman–Crippen LogP) is 1.66. The van der Waals surface area contributed by atoms with Gasteiger partial charge in [-0.1, -0.05) is 13.3 Å². The van der Waals surface area contributed by atoms with Gasteiger partial charge in [-0.3, -0.25) is 0 Å². The molecule has 1 aromatic heterocycles. The summed E-state index contributed by atoms with van der Waals surface area (Å²) < 4.78 is 2.09. The number of aromatic nitrogens is 2. The van der Waals surface area contributed by atoms with Crippen molar-refractivity contribution >= 4 is 5.82 Å². The van der Waals surface area contributed by atoms with Gasteiger partial charge in [-0.15, -0.1) is 0 Å². The van der Waals surface area contributed by atoms with Gasteiger partial charge in [-0.05, 0) is 18.3 Å². The Morgan fingerprint density at radius 3 is 2.83 bits per heavy atom. The van der Waals surface area contributed by atoms with E-state index in [9.17, 15) is 0 Å². The van der Waals surface area contributed by atoms with Crippen LogP contribution in [-0.4, -0.2) is 9.55 Å². The second-order valence-corrected chi connectivity index (χ2v) is 4.14. The van der Waals surface area contributed by atoms with Crippen LogP contribution in [0.4, 0.5) is 5.82 Å². The Labute approximate surface area is 72.6 Å². The summed E-state index contributed by atoms with van der Waals surface area (Å²) >= 11 is 0. The summed E-state index contributed by atoms with van der Waals surface area (Å²) in [7, 11) is 0. The van der Waals surface area contributed by atoms with Crippen molar-refractivity contribution in [3.63, 3.8) is 0 Å². The van der Waals surface area contributed by atoms with Crippen molar-refractivity contribution in [2.24, 2.45) is 5.41 Å². The van der Waals surface area contributed by atoms with Crippen LogP contribution in [0.25, 0.3) is 0 Å². The molecule has 0 unspecified atom stereocenters. The van der Waals surface area contributed by atoms with E-state index in [2.05, 4.69) is 16.5 Å². The van der Waals surface area contributed by atoms with Crippen molar-refractivity contribution in [1.82, 2.24) is 9.55 Å². The number of anilines is 1. The quantitative estimate of drug-likeness (QED) is 0.724. The maximum atomic E-state index is 5.52. The van der Waals surface area contributed by atoms with Gasteiger partial charge in [0, 0.05) is 12.7 Å². The smallest absolute Gasteiger partial charge is 0.141 e. The van der Waals surface area contributed by atoms with Gasteiger partial charge < -0.3 is 10.3 Å². The van der Waals surface area contributed by atoms with E-state index >= 15 is 0 Å². The van der Waals surface area contributed by atoms with Crippen molar-refractivity contribution in [2.45, 2.75) is 32.7 Å². The number of nitrogens with two attached hydrogens (primary N) is 1. The van der Waals surface area contributed by atoms with E-state index in [-0.39, 0.29) is 0 Å². The highest BCUT2D eigenvalue weighted by Crippen LogP contribution is 2.41. The van der Waals surface area contributed by atoms with Crippen LogP contribution in [0.3, 0.4) is 0 Å². The molecule has 1 aromatic rings. The average molecular weight is 165 g/mol. The lowest BCUT2D eigenvalue weighted by Gasteiger charge is -2.38. The highest BCUT2D eigenvalue weighted by molar-refractivity contribution is 5.22. The molecule has 12 heavy (non-hydrogen) atoms. The third-order valence-corrected chi connectivity index (χ3v) is 2.78. The molecule has 0 bridgehead atoms. The summed E-state index contributed by atoms with van der Waals surface area (Å²) in [6.45, 7) is 3.39. The van der Waals surface area contributed by atoms with Crippen LogP contribution in [0, 0.1) is 5.41 Å². The van der Waals surface area contributed by atoms with Gasteiger partial charge in [0.05, 0.1) is 6.33 Å². The second kappa shape index (κ2) is 2.51. The zero-order chi connectivity index (χ0) is 8.60. The molecule has 1 saturated carbocycles. The van der Waals surface area contributed by atoms with Gasteiger partial charge in [-0.25, -0.2) is 4.98 Å². The molecule has 0 aliphatic heterocycles. The molecule has 2 rings (SSSR count). The molecule has 0 amide bonds. The molecule has 1 fully saturated rings. The van der Waals surface area contributed by atoms with E-state index in [0.717, 1.165) is 6.54 Å². The van der Waals surface area contributed by atoms with Crippen molar-refractivity contribution in [3.8, 4) is 0 Å². The van der Waals surface area contributed by atoms with Gasteiger partial charge in [0.15, 0.2) is 0 Å². The first-order valence-electron chi connectivity index (χ1n) is 4.45. The minimum absolute atomic E-state index is 0.507. The topological polar surface area (TPSA) is 43.8 Å². The number of nitrogen functional groups attached to an aromatic ring is 1. The molecular formula is C9H15N3. The molecule has 3 nitrogen and oxygen atoms in total. The number of imidazole rings is 1. The molecule has 1 aliphatic carbocycles. The summed E-state index contributed by atoms with van der Waals surface area (Å²) in [6.07, 6.45) is 7.78. The highest BCUT2D eigenvalue weighted by atomic mass is 15.1. The molecule has 66 valence electrons. The average Bonchev–Trinajstić information content (AvgIpc) is 2.32. The fourth-order valence-electron chi connectivity index (χ4n) is 1.84. The molecule has 1 heterocycles. The maximum absolute atomic E-state index is 5.52. The van der Waals surface area contributed by atoms with Crippen molar-refractivity contribution < 1.29 is 0 Å². The monoisotopic (exact) mass is 165 g/mol. The summed E-state index contributed by atoms with van der Waals surface area (Å²) in [4.78, 5) is 4.00. The van der Waals surface area contributed by atoms with Gasteiger partial charge in [0.2, 0.25) is 0 Å². The van der Waals surface area contributed by atoms with E-state index < -0.39 is 0 Å². The lowest BCUT2D eigenvalue weighted by Crippen LogP contribution is -2.30. The second-order valence-electron chi connectivity index (χ2n) is 4.14. The number of nitrogens with zero attached hydrogens (tertiary/aromatic N) is 2. The largest absolute Gasteiger partial charge is 0.382 e. The minimum Gasteiger partial charge on any atom is -0.382 e. The van der Waals surface area contributed by atoms with E-state index in [0.29, 0.717) is 11.2 Å². The van der Waals surface area contributed by atoms with Crippen LogP contribution >= 0.6 is 0 Å². The molecule has 3 heteroatoms. The highest BCUT2D eigenvalue weighted by Gasteiger charge is 2.31. The van der Waals surface area contributed by atoms with Gasteiger partial charge in [-0.2, -0.15) is 0 Å². The van der Waals surface area contributed by atoms with Crippen LogP contribution in [0.1, 0.15) is 26.2 Å². The molecule has 0 radical (unpaired) electrons. The SMILES string of the molecule is CC1(Cn2cnc(N)c2)CCC1. The Balaban J connectivity index is 2.03. The number of hydrogen-bond acceptors (Lipinski definition) is 2. The van der Waals surface area contributed by atoms with Crippen LogP contribution in [0.5, 0.6) is 0 Å². The lowest BCUT2D eigenvalue weighted by atomic mass is 9.70. The van der Waals surface area contributed by atoms with Crippen molar-refractivity contribution in [2.75, 3.05) is 5.73 Å². The summed E-state index contributed by atoms with van der Waals surface area (Å²) in [5.74, 6) is 0.623. The van der Waals surface area contributed by atoms with Crippen LogP contribution in [-0.2, 0) is 6.54 Å². The van der Waals surface area contributed by atoms with E-state index in [1.807, 2.05) is 12.5 Å². The number of rotatable bonds is 2. The van der Waals surface area contributed by atoms with Crippen LogP contribution in [0.15, 0.2) is 12.5 Å². The first-order valence-corrected chi connectivity index (χ1v) is 4.45. The zero-order valence-corrected chi connectivity index (χ0v) is 7.45. The lowest BCUT2D eigenvalue weighted by molar-refractivity contribution is 0.132. The fraction of sp³-hybridized carbons (Fsp3) is 0.667. The van der Waals surface area contributed by atoms with Crippen molar-refractivity contribution in [3.05, 3.63) is 12.5 Å². The molecule has 0 spiro atoms. The maximum Gasteiger partial charge on any atom is 0.141 e. The molecule has 0 saturated heterocycles. The normalized spacial score (nSPS) is 20.4. The van der Waals surface area contributed by atoms with Gasteiger partial charge in [0.25, 0.3) is 0 Å². The first kappa shape index (κ1) is 7.65. The standard InChI is InChI=1S/C9H15N3/c1-9(3-2-4-9)6-12-5-8(10)11-7-12/h5,7H,2-4,6,10H2,1H3. The van der Waals surface area contributed by atoms with Gasteiger partial charge in [0.1, 0.15) is 5.82 Å². The third kappa shape index (κ3) is 1.31. The summed E-state index contributed by atoms with van der Waals surface area (Å²) in [6, 6.07) is 0. The molecule has 1 aliphatic rings. The minimum atomic E-state index is 0.507. The van der Waals surface area contributed by atoms with E-state index in [4.69, 9.17) is 5.73 Å². The molecular weight excluding hydrogens is 150 g/mol. The Hall–Kier alpha value is -0.990. The first-order chi connectivity index (χ1) is 5.68. The Bertz CT molecular complexity index is 273. The Morgan fingerprint density at radius 1 is 1.67 bits per heavy atom. The Kier molecular flexibility index (Phi) is 1.60. The summed E-state index contributed by atoms with van der Waals surface area (Å²) in [5.41, 5.74) is 6.03. The molecule has 0 aromatic carbocycles. The van der Waals surface area contributed by atoms with Crippen molar-refractivity contribution in [1.29, 1.82) is 0 Å². The van der Waals surface area contributed by atoms with Crippen LogP contribution in [0.2, 0.25) is 0 Å². The predicted molar refractivity (Wildman–Crippen MR) is 48.6 cm³/mol. The number of hydrogen-bond donors (Lipinski definition) is 1. The molecule has 2 N–H and O–H groups in total. The Morgan fingerprint density at radius 2 is 2.42 bits per heavy atom. The van der Waals surface area contributed by atoms with E-state index in [1.165, 1.54) is 19.3 Å². The fourth-order valence-corrected chi connectivity index (χ4v) is 1.84. The van der Waals surface area contributed by atoms with Gasteiger partial charge >= 0.3 is 0 Å².